The summed E-state index contributed by atoms with van der Waals surface area (Å²) < 4.78 is 11.8. The standard InChI is InChI=1S/C27H33NO4S2/c29-26(27(30,24-13-6-19-33-24)25-14-7-20-34-25)32-23-12-5-4-9-21(23)15-17-28-16-8-18-31-22-10-2-1-3-11-22/h1-3,6-7,10-11,13-14,19-21,23,28,30H,4-5,8-9,12,15-18H2/t21?,23-/m0/s1. The van der Waals surface area contributed by atoms with E-state index in [2.05, 4.69) is 5.32 Å². The number of thiophene rings is 2. The Morgan fingerprint density at radius 3 is 2.35 bits per heavy atom. The van der Waals surface area contributed by atoms with Gasteiger partial charge in [0, 0.05) is 0 Å². The smallest absolute Gasteiger partial charge is 0.349 e. The molecule has 2 atom stereocenters. The molecular formula is C27H33NO4S2. The molecule has 1 aromatic carbocycles. The molecule has 0 bridgehead atoms. The lowest BCUT2D eigenvalue weighted by Gasteiger charge is -2.34. The molecule has 0 amide bonds. The van der Waals surface area contributed by atoms with E-state index in [1.54, 1.807) is 12.1 Å². The summed E-state index contributed by atoms with van der Waals surface area (Å²) in [7, 11) is 0. The topological polar surface area (TPSA) is 67.8 Å². The number of nitrogens with one attached hydrogen (secondary N) is 1. The molecule has 1 unspecified atom stereocenters. The summed E-state index contributed by atoms with van der Waals surface area (Å²) >= 11 is 2.75. The lowest BCUT2D eigenvalue weighted by molar-refractivity contribution is -0.172. The van der Waals surface area contributed by atoms with E-state index < -0.39 is 11.6 Å². The third kappa shape index (κ3) is 6.27. The zero-order valence-electron chi connectivity index (χ0n) is 19.4. The van der Waals surface area contributed by atoms with Crippen LogP contribution < -0.4 is 10.1 Å². The van der Waals surface area contributed by atoms with E-state index in [-0.39, 0.29) is 6.10 Å². The molecule has 2 N–H and O–H groups in total. The van der Waals surface area contributed by atoms with E-state index in [9.17, 15) is 9.90 Å². The molecule has 0 saturated heterocycles. The minimum absolute atomic E-state index is 0.157. The number of aliphatic hydroxyl groups is 1. The van der Waals surface area contributed by atoms with E-state index in [4.69, 9.17) is 9.47 Å². The fourth-order valence-electron chi connectivity index (χ4n) is 4.49. The summed E-state index contributed by atoms with van der Waals surface area (Å²) in [6, 6.07) is 17.2. The number of benzene rings is 1. The number of hydrogen-bond acceptors (Lipinski definition) is 7. The SMILES string of the molecule is O=C(O[C@H]1CCCCC1CCNCCCOc1ccccc1)C(O)(c1cccs1)c1cccs1. The van der Waals surface area contributed by atoms with Crippen molar-refractivity contribution < 1.29 is 19.4 Å². The normalized spacial score (nSPS) is 18.5. The lowest BCUT2D eigenvalue weighted by Crippen LogP contribution is -2.42. The highest BCUT2D eigenvalue weighted by Gasteiger charge is 2.45. The third-order valence-corrected chi connectivity index (χ3v) is 8.31. The van der Waals surface area contributed by atoms with Crippen LogP contribution in [-0.2, 0) is 15.1 Å². The first kappa shape index (κ1) is 24.9. The first-order valence-corrected chi connectivity index (χ1v) is 13.8. The van der Waals surface area contributed by atoms with Crippen molar-refractivity contribution in [2.24, 2.45) is 5.92 Å². The van der Waals surface area contributed by atoms with Crippen LogP contribution in [0.15, 0.2) is 65.4 Å². The average molecular weight is 500 g/mol. The van der Waals surface area contributed by atoms with Crippen LogP contribution in [0, 0.1) is 5.92 Å². The largest absolute Gasteiger partial charge is 0.494 e. The minimum atomic E-state index is -1.73. The molecule has 3 aromatic rings. The van der Waals surface area contributed by atoms with E-state index in [1.165, 1.54) is 22.7 Å². The maximum Gasteiger partial charge on any atom is 0.349 e. The van der Waals surface area contributed by atoms with Crippen molar-refractivity contribution in [3.63, 3.8) is 0 Å². The van der Waals surface area contributed by atoms with Gasteiger partial charge in [-0.05, 0) is 86.1 Å². The molecule has 2 heterocycles. The Balaban J connectivity index is 1.26. The van der Waals surface area contributed by atoms with Gasteiger partial charge in [0.25, 0.3) is 0 Å². The van der Waals surface area contributed by atoms with Gasteiger partial charge in [-0.2, -0.15) is 0 Å². The third-order valence-electron chi connectivity index (χ3n) is 6.35. The van der Waals surface area contributed by atoms with Gasteiger partial charge in [-0.15, -0.1) is 22.7 Å². The Morgan fingerprint density at radius 2 is 1.68 bits per heavy atom. The molecule has 4 rings (SSSR count). The van der Waals surface area contributed by atoms with Crippen molar-refractivity contribution in [1.82, 2.24) is 5.32 Å². The maximum atomic E-state index is 13.4. The van der Waals surface area contributed by atoms with Gasteiger partial charge in [0.1, 0.15) is 11.9 Å². The minimum Gasteiger partial charge on any atom is -0.494 e. The van der Waals surface area contributed by atoms with Crippen LogP contribution >= 0.6 is 22.7 Å². The van der Waals surface area contributed by atoms with Gasteiger partial charge in [-0.1, -0.05) is 36.8 Å². The van der Waals surface area contributed by atoms with Crippen LogP contribution in [-0.4, -0.2) is 36.9 Å². The summed E-state index contributed by atoms with van der Waals surface area (Å²) in [6.45, 7) is 2.45. The Hall–Kier alpha value is -2.19. The summed E-state index contributed by atoms with van der Waals surface area (Å²) in [6.07, 6.45) is 5.84. The maximum absolute atomic E-state index is 13.4. The fraction of sp³-hybridized carbons (Fsp3) is 0.444. The summed E-state index contributed by atoms with van der Waals surface area (Å²) in [4.78, 5) is 14.6. The molecular weight excluding hydrogens is 466 g/mol. The fourth-order valence-corrected chi connectivity index (χ4v) is 6.20. The molecule has 1 saturated carbocycles. The van der Waals surface area contributed by atoms with Gasteiger partial charge in [-0.3, -0.25) is 0 Å². The molecule has 1 aliphatic carbocycles. The highest BCUT2D eigenvalue weighted by atomic mass is 32.1. The number of carbonyl (C=O) groups is 1. The summed E-state index contributed by atoms with van der Waals surface area (Å²) in [5.41, 5.74) is -1.73. The molecule has 0 radical (unpaired) electrons. The van der Waals surface area contributed by atoms with Gasteiger partial charge in [0.15, 0.2) is 0 Å². The monoisotopic (exact) mass is 499 g/mol. The predicted octanol–water partition coefficient (Wildman–Crippen LogP) is 5.60. The molecule has 182 valence electrons. The Labute approximate surface area is 209 Å². The predicted molar refractivity (Wildman–Crippen MR) is 138 cm³/mol. The number of rotatable bonds is 12. The molecule has 7 heteroatoms. The zero-order valence-corrected chi connectivity index (χ0v) is 21.0. The molecule has 34 heavy (non-hydrogen) atoms. The van der Waals surface area contributed by atoms with Crippen LogP contribution in [0.1, 0.15) is 48.3 Å². The van der Waals surface area contributed by atoms with Crippen LogP contribution in [0.3, 0.4) is 0 Å². The second-order valence-corrected chi connectivity index (χ2v) is 10.6. The van der Waals surface area contributed by atoms with Gasteiger partial charge in [-0.25, -0.2) is 4.79 Å². The number of hydrogen-bond donors (Lipinski definition) is 2. The Bertz CT molecular complexity index is 941. The van der Waals surface area contributed by atoms with Crippen molar-refractivity contribution >= 4 is 28.6 Å². The van der Waals surface area contributed by atoms with Crippen molar-refractivity contribution in [1.29, 1.82) is 0 Å². The summed E-state index contributed by atoms with van der Waals surface area (Å²) in [5, 5.41) is 18.8. The first-order valence-electron chi connectivity index (χ1n) is 12.1. The van der Waals surface area contributed by atoms with E-state index in [0.29, 0.717) is 22.3 Å². The van der Waals surface area contributed by atoms with E-state index >= 15 is 0 Å². The molecule has 1 aliphatic rings. The average Bonchev–Trinajstić information content (AvgIpc) is 3.60. The summed E-state index contributed by atoms with van der Waals surface area (Å²) in [5.74, 6) is 0.654. The van der Waals surface area contributed by atoms with E-state index in [0.717, 1.165) is 57.4 Å². The Kier molecular flexibility index (Phi) is 9.16. The van der Waals surface area contributed by atoms with Crippen molar-refractivity contribution in [2.45, 2.75) is 50.2 Å². The molecule has 0 aliphatic heterocycles. The Morgan fingerprint density at radius 1 is 0.971 bits per heavy atom. The highest BCUT2D eigenvalue weighted by Crippen LogP contribution is 2.38. The van der Waals surface area contributed by atoms with Crippen LogP contribution in [0.25, 0.3) is 0 Å². The highest BCUT2D eigenvalue weighted by molar-refractivity contribution is 7.12. The molecule has 2 aromatic heterocycles. The van der Waals surface area contributed by atoms with Crippen molar-refractivity contribution in [3.05, 3.63) is 75.1 Å². The second-order valence-electron chi connectivity index (χ2n) is 8.71. The number of carbonyl (C=O) groups excluding carboxylic acids is 1. The van der Waals surface area contributed by atoms with E-state index in [1.807, 2.05) is 53.2 Å². The van der Waals surface area contributed by atoms with Gasteiger partial charge in [0.05, 0.1) is 16.4 Å². The van der Waals surface area contributed by atoms with Crippen molar-refractivity contribution in [2.75, 3.05) is 19.7 Å². The number of para-hydroxylation sites is 1. The number of esters is 1. The van der Waals surface area contributed by atoms with Crippen LogP contribution in [0.5, 0.6) is 5.75 Å². The number of ether oxygens (including phenoxy) is 2. The van der Waals surface area contributed by atoms with Gasteiger partial charge >= 0.3 is 5.97 Å². The second kappa shape index (κ2) is 12.5. The zero-order chi connectivity index (χ0) is 23.6. The van der Waals surface area contributed by atoms with Crippen LogP contribution in [0.4, 0.5) is 0 Å². The van der Waals surface area contributed by atoms with Gasteiger partial charge < -0.3 is 19.9 Å². The lowest BCUT2D eigenvalue weighted by atomic mass is 9.84. The van der Waals surface area contributed by atoms with Crippen LogP contribution in [0.2, 0.25) is 0 Å². The molecule has 1 fully saturated rings. The quantitative estimate of drug-likeness (QED) is 0.251. The van der Waals surface area contributed by atoms with Crippen molar-refractivity contribution in [3.8, 4) is 5.75 Å². The molecule has 5 nitrogen and oxygen atoms in total. The first-order chi connectivity index (χ1) is 16.7. The van der Waals surface area contributed by atoms with Gasteiger partial charge in [0.2, 0.25) is 5.60 Å². The molecule has 0 spiro atoms.